The van der Waals surface area contributed by atoms with Crippen LogP contribution in [0.25, 0.3) is 44.9 Å². The topological polar surface area (TPSA) is 8.17 Å². The maximum atomic E-state index is 2.47. The molecule has 7 aromatic rings. The molecule has 2 nitrogen and oxygen atoms in total. The molecule has 8 rings (SSSR count). The Kier molecular flexibility index (Phi) is 7.32. The average Bonchev–Trinajstić information content (AvgIpc) is 3.47. The van der Waals surface area contributed by atoms with Crippen LogP contribution in [-0.4, -0.2) is 4.57 Å². The highest BCUT2D eigenvalue weighted by atomic mass is 15.1. The lowest BCUT2D eigenvalue weighted by Crippen LogP contribution is -2.16. The molecular formula is C44H36N2. The van der Waals surface area contributed by atoms with E-state index >= 15 is 0 Å². The molecule has 1 aliphatic rings. The maximum Gasteiger partial charge on any atom is 0.0537 e. The van der Waals surface area contributed by atoms with Crippen molar-refractivity contribution in [1.29, 1.82) is 0 Å². The quantitative estimate of drug-likeness (QED) is 0.179. The van der Waals surface area contributed by atoms with Crippen LogP contribution in [0, 0.1) is 0 Å². The van der Waals surface area contributed by atoms with Crippen LogP contribution in [-0.2, 0) is 6.54 Å². The van der Waals surface area contributed by atoms with E-state index in [2.05, 4.69) is 186 Å². The van der Waals surface area contributed by atoms with Gasteiger partial charge in [0.25, 0.3) is 0 Å². The molecule has 1 aromatic heterocycles. The zero-order valence-corrected chi connectivity index (χ0v) is 26.1. The Morgan fingerprint density at radius 2 is 1.11 bits per heavy atom. The number of allylic oxidation sites excluding steroid dienone is 1. The highest BCUT2D eigenvalue weighted by Crippen LogP contribution is 2.39. The predicted octanol–water partition coefficient (Wildman–Crippen LogP) is 11.8. The third-order valence-electron chi connectivity index (χ3n) is 9.30. The zero-order valence-electron chi connectivity index (χ0n) is 26.1. The van der Waals surface area contributed by atoms with E-state index in [-0.39, 0.29) is 0 Å². The number of hydrogen-bond donors (Lipinski definition) is 0. The van der Waals surface area contributed by atoms with E-state index in [4.69, 9.17) is 0 Å². The van der Waals surface area contributed by atoms with E-state index in [1.807, 2.05) is 0 Å². The number of aromatic nitrogens is 1. The standard InChI is InChI=1S/C44H36N2/c1-32-11-10-17-42-41-16-8-9-18-43(41)46(44(32)42)40-29-25-37(26-30-40)35-21-19-33(20-22-35)31-45(38-14-6-3-7-15-38)39-27-23-36(24-28-39)34-12-4-2-5-13-34/h2-10,12-30,32H,11,31H2,1H3. The van der Waals surface area contributed by atoms with E-state index < -0.39 is 0 Å². The third-order valence-corrected chi connectivity index (χ3v) is 9.30. The molecule has 46 heavy (non-hydrogen) atoms. The summed E-state index contributed by atoms with van der Waals surface area (Å²) < 4.78 is 2.47. The lowest BCUT2D eigenvalue weighted by atomic mass is 9.93. The first kappa shape index (κ1) is 27.9. The summed E-state index contributed by atoms with van der Waals surface area (Å²) in [4.78, 5) is 2.39. The molecule has 1 heterocycles. The van der Waals surface area contributed by atoms with Crippen molar-refractivity contribution in [3.8, 4) is 27.9 Å². The van der Waals surface area contributed by atoms with Crippen LogP contribution in [0.3, 0.4) is 0 Å². The van der Waals surface area contributed by atoms with Gasteiger partial charge in [0.1, 0.15) is 0 Å². The molecule has 0 bridgehead atoms. The predicted molar refractivity (Wildman–Crippen MR) is 195 cm³/mol. The van der Waals surface area contributed by atoms with Crippen molar-refractivity contribution in [2.45, 2.75) is 25.8 Å². The molecular weight excluding hydrogens is 556 g/mol. The minimum atomic E-state index is 0.483. The molecule has 1 atom stereocenters. The first-order valence-corrected chi connectivity index (χ1v) is 16.2. The fraction of sp³-hybridized carbons (Fsp3) is 0.0909. The molecule has 1 unspecified atom stereocenters. The van der Waals surface area contributed by atoms with Gasteiger partial charge in [0.2, 0.25) is 0 Å². The van der Waals surface area contributed by atoms with Gasteiger partial charge in [0.05, 0.1) is 5.52 Å². The largest absolute Gasteiger partial charge is 0.337 e. The van der Waals surface area contributed by atoms with Crippen LogP contribution < -0.4 is 4.90 Å². The van der Waals surface area contributed by atoms with Gasteiger partial charge < -0.3 is 9.47 Å². The van der Waals surface area contributed by atoms with Crippen LogP contribution in [0.5, 0.6) is 0 Å². The van der Waals surface area contributed by atoms with Crippen LogP contribution in [0.4, 0.5) is 11.4 Å². The first-order chi connectivity index (χ1) is 22.7. The average molecular weight is 593 g/mol. The van der Waals surface area contributed by atoms with Gasteiger partial charge in [0, 0.05) is 46.2 Å². The second-order valence-electron chi connectivity index (χ2n) is 12.3. The lowest BCUT2D eigenvalue weighted by Gasteiger charge is -2.25. The Balaban J connectivity index is 1.06. The minimum Gasteiger partial charge on any atom is -0.337 e. The number of fused-ring (bicyclic) bond motifs is 3. The maximum absolute atomic E-state index is 2.47. The molecule has 0 fully saturated rings. The van der Waals surface area contributed by atoms with E-state index in [0.29, 0.717) is 5.92 Å². The summed E-state index contributed by atoms with van der Waals surface area (Å²) in [6.45, 7) is 3.12. The van der Waals surface area contributed by atoms with Gasteiger partial charge in [-0.25, -0.2) is 0 Å². The summed E-state index contributed by atoms with van der Waals surface area (Å²) >= 11 is 0. The smallest absolute Gasteiger partial charge is 0.0537 e. The summed E-state index contributed by atoms with van der Waals surface area (Å²) in [6, 6.07) is 57.0. The summed E-state index contributed by atoms with van der Waals surface area (Å²) in [5.74, 6) is 0.483. The lowest BCUT2D eigenvalue weighted by molar-refractivity contribution is 0.723. The van der Waals surface area contributed by atoms with Crippen molar-refractivity contribution >= 4 is 28.4 Å². The molecule has 0 N–H and O–H groups in total. The van der Waals surface area contributed by atoms with Crippen molar-refractivity contribution < 1.29 is 0 Å². The Morgan fingerprint density at radius 1 is 0.565 bits per heavy atom. The van der Waals surface area contributed by atoms with Crippen LogP contribution in [0.15, 0.2) is 164 Å². The molecule has 1 aliphatic carbocycles. The Bertz CT molecular complexity index is 2120. The second-order valence-corrected chi connectivity index (χ2v) is 12.3. The van der Waals surface area contributed by atoms with Crippen LogP contribution in [0.2, 0.25) is 0 Å². The molecule has 0 saturated carbocycles. The second kappa shape index (κ2) is 12.1. The van der Waals surface area contributed by atoms with E-state index in [0.717, 1.165) is 13.0 Å². The highest BCUT2D eigenvalue weighted by Gasteiger charge is 2.23. The van der Waals surface area contributed by atoms with Crippen molar-refractivity contribution in [1.82, 2.24) is 4.57 Å². The molecule has 6 aromatic carbocycles. The van der Waals surface area contributed by atoms with Gasteiger partial charge in [0.15, 0.2) is 0 Å². The molecule has 0 amide bonds. The highest BCUT2D eigenvalue weighted by molar-refractivity contribution is 5.93. The monoisotopic (exact) mass is 592 g/mol. The fourth-order valence-electron chi connectivity index (χ4n) is 6.92. The summed E-state index contributed by atoms with van der Waals surface area (Å²) in [5, 5.41) is 1.33. The molecule has 0 saturated heterocycles. The molecule has 222 valence electrons. The first-order valence-electron chi connectivity index (χ1n) is 16.2. The van der Waals surface area contributed by atoms with Gasteiger partial charge >= 0.3 is 0 Å². The Labute approximate surface area is 271 Å². The van der Waals surface area contributed by atoms with Crippen molar-refractivity contribution in [2.24, 2.45) is 0 Å². The number of para-hydroxylation sites is 2. The van der Waals surface area contributed by atoms with Crippen molar-refractivity contribution in [2.75, 3.05) is 4.90 Å². The van der Waals surface area contributed by atoms with Gasteiger partial charge in [-0.1, -0.05) is 134 Å². The van der Waals surface area contributed by atoms with Gasteiger partial charge in [-0.05, 0) is 76.7 Å². The van der Waals surface area contributed by atoms with Crippen LogP contribution in [0.1, 0.15) is 36.1 Å². The van der Waals surface area contributed by atoms with Crippen LogP contribution >= 0.6 is 0 Å². The Hall–Kier alpha value is -5.60. The van der Waals surface area contributed by atoms with Gasteiger partial charge in [-0.2, -0.15) is 0 Å². The number of hydrogen-bond acceptors (Lipinski definition) is 1. The van der Waals surface area contributed by atoms with E-state index in [1.165, 1.54) is 67.0 Å². The van der Waals surface area contributed by atoms with E-state index in [1.54, 1.807) is 0 Å². The summed E-state index contributed by atoms with van der Waals surface area (Å²) in [7, 11) is 0. The van der Waals surface area contributed by atoms with Crippen molar-refractivity contribution in [3.63, 3.8) is 0 Å². The van der Waals surface area contributed by atoms with Gasteiger partial charge in [-0.3, -0.25) is 0 Å². The SMILES string of the molecule is CC1CC=Cc2c1n(-c1ccc(-c3ccc(CN(c4ccccc4)c4ccc(-c5ccccc5)cc4)cc3)cc1)c1ccccc21. The number of benzene rings is 6. The third kappa shape index (κ3) is 5.22. The molecule has 0 spiro atoms. The number of nitrogens with zero attached hydrogens (tertiary/aromatic N) is 2. The fourth-order valence-corrected chi connectivity index (χ4v) is 6.92. The molecule has 2 heteroatoms. The minimum absolute atomic E-state index is 0.483. The van der Waals surface area contributed by atoms with E-state index in [9.17, 15) is 0 Å². The summed E-state index contributed by atoms with van der Waals surface area (Å²) in [5.41, 5.74) is 13.8. The zero-order chi connectivity index (χ0) is 30.9. The summed E-state index contributed by atoms with van der Waals surface area (Å²) in [6.07, 6.45) is 5.70. The van der Waals surface area contributed by atoms with Crippen molar-refractivity contribution in [3.05, 3.63) is 181 Å². The molecule has 0 radical (unpaired) electrons. The normalized spacial score (nSPS) is 13.9. The van der Waals surface area contributed by atoms with Gasteiger partial charge in [-0.15, -0.1) is 0 Å². The Morgan fingerprint density at radius 3 is 1.80 bits per heavy atom. The molecule has 0 aliphatic heterocycles. The number of rotatable bonds is 7. The number of anilines is 2.